The van der Waals surface area contributed by atoms with Crippen LogP contribution in [0.25, 0.3) is 11.4 Å². The molecule has 19 heavy (non-hydrogen) atoms. The van der Waals surface area contributed by atoms with Gasteiger partial charge < -0.3 is 4.90 Å². The molecule has 0 spiro atoms. The molecule has 1 saturated heterocycles. The normalized spacial score (nSPS) is 17.8. The van der Waals surface area contributed by atoms with Crippen LogP contribution in [0, 0.1) is 0 Å². The summed E-state index contributed by atoms with van der Waals surface area (Å²) in [5.74, 6) is 0.560. The third kappa shape index (κ3) is 2.51. The van der Waals surface area contributed by atoms with E-state index in [1.54, 1.807) is 6.20 Å². The van der Waals surface area contributed by atoms with Gasteiger partial charge in [0.05, 0.1) is 17.6 Å². The van der Waals surface area contributed by atoms with Crippen LogP contribution in [0.2, 0.25) is 0 Å². The number of nitrogens with zero attached hydrogens (tertiary/aromatic N) is 5. The first-order chi connectivity index (χ1) is 9.24. The molecule has 0 unspecified atom stereocenters. The summed E-state index contributed by atoms with van der Waals surface area (Å²) in [6, 6.07) is 1.96. The molecule has 0 aliphatic carbocycles. The van der Waals surface area contributed by atoms with Crippen molar-refractivity contribution in [3.63, 3.8) is 0 Å². The highest BCUT2D eigenvalue weighted by atomic mass is 15.3. The van der Waals surface area contributed by atoms with Crippen LogP contribution < -0.4 is 0 Å². The van der Waals surface area contributed by atoms with Crippen LogP contribution in [0.3, 0.4) is 0 Å². The molecule has 5 nitrogen and oxygen atoms in total. The average Bonchev–Trinajstić information content (AvgIpc) is 2.86. The number of likely N-dealkylation sites (tertiary alicyclic amines) is 1. The zero-order valence-electron chi connectivity index (χ0n) is 11.5. The third-order valence-corrected chi connectivity index (χ3v) is 3.89. The lowest BCUT2D eigenvalue weighted by Crippen LogP contribution is -2.29. The van der Waals surface area contributed by atoms with E-state index in [4.69, 9.17) is 0 Å². The lowest BCUT2D eigenvalue weighted by atomic mass is 9.94. The fraction of sp³-hybridized carbons (Fsp3) is 0.500. The monoisotopic (exact) mass is 257 g/mol. The van der Waals surface area contributed by atoms with Gasteiger partial charge in [-0.15, -0.1) is 0 Å². The molecular formula is C14H19N5. The Labute approximate surface area is 113 Å². The minimum Gasteiger partial charge on any atom is -0.306 e. The summed E-state index contributed by atoms with van der Waals surface area (Å²) in [5, 5.41) is 4.16. The van der Waals surface area contributed by atoms with Gasteiger partial charge in [-0.25, -0.2) is 0 Å². The SMILES string of the molecule is CN1CCC(c2cnc(-c3ccnn3C)cn2)CC1. The number of hydrogen-bond donors (Lipinski definition) is 0. The average molecular weight is 257 g/mol. The van der Waals surface area contributed by atoms with Crippen molar-refractivity contribution in [3.8, 4) is 11.4 Å². The van der Waals surface area contributed by atoms with Crippen LogP contribution in [-0.2, 0) is 7.05 Å². The molecule has 0 aromatic carbocycles. The fourth-order valence-corrected chi connectivity index (χ4v) is 2.61. The highest BCUT2D eigenvalue weighted by molar-refractivity contribution is 5.52. The topological polar surface area (TPSA) is 46.8 Å². The molecule has 3 heterocycles. The zero-order chi connectivity index (χ0) is 13.2. The van der Waals surface area contributed by atoms with Gasteiger partial charge in [-0.2, -0.15) is 5.10 Å². The number of aromatic nitrogens is 4. The Bertz CT molecular complexity index is 537. The van der Waals surface area contributed by atoms with Gasteiger partial charge in [0.15, 0.2) is 0 Å². The van der Waals surface area contributed by atoms with Gasteiger partial charge in [-0.1, -0.05) is 0 Å². The van der Waals surface area contributed by atoms with Gasteiger partial charge in [0.25, 0.3) is 0 Å². The lowest BCUT2D eigenvalue weighted by molar-refractivity contribution is 0.253. The molecule has 1 aliphatic rings. The molecule has 100 valence electrons. The molecular weight excluding hydrogens is 238 g/mol. The number of rotatable bonds is 2. The summed E-state index contributed by atoms with van der Waals surface area (Å²) >= 11 is 0. The Morgan fingerprint density at radius 2 is 1.89 bits per heavy atom. The second-order valence-corrected chi connectivity index (χ2v) is 5.24. The second kappa shape index (κ2) is 5.09. The predicted octanol–water partition coefficient (Wildman–Crippen LogP) is 1.69. The minimum absolute atomic E-state index is 0.560. The lowest BCUT2D eigenvalue weighted by Gasteiger charge is -2.28. The van der Waals surface area contributed by atoms with Crippen molar-refractivity contribution in [1.29, 1.82) is 0 Å². The van der Waals surface area contributed by atoms with Crippen LogP contribution in [0.1, 0.15) is 24.5 Å². The first-order valence-corrected chi connectivity index (χ1v) is 6.73. The van der Waals surface area contributed by atoms with Crippen LogP contribution in [0.4, 0.5) is 0 Å². The molecule has 0 bridgehead atoms. The van der Waals surface area contributed by atoms with Gasteiger partial charge in [-0.05, 0) is 39.0 Å². The van der Waals surface area contributed by atoms with Crippen LogP contribution in [0.15, 0.2) is 24.7 Å². The van der Waals surface area contributed by atoms with Crippen molar-refractivity contribution >= 4 is 0 Å². The first kappa shape index (κ1) is 12.3. The highest BCUT2D eigenvalue weighted by Gasteiger charge is 2.19. The van der Waals surface area contributed by atoms with Gasteiger partial charge in [0, 0.05) is 25.4 Å². The van der Waals surface area contributed by atoms with Gasteiger partial charge in [0.2, 0.25) is 0 Å². The van der Waals surface area contributed by atoms with E-state index in [9.17, 15) is 0 Å². The van der Waals surface area contributed by atoms with Crippen LogP contribution in [0.5, 0.6) is 0 Å². The quantitative estimate of drug-likeness (QED) is 0.821. The van der Waals surface area contributed by atoms with Gasteiger partial charge in [-0.3, -0.25) is 14.6 Å². The summed E-state index contributed by atoms with van der Waals surface area (Å²) in [5.41, 5.74) is 3.01. The molecule has 0 atom stereocenters. The predicted molar refractivity (Wildman–Crippen MR) is 73.7 cm³/mol. The Hall–Kier alpha value is -1.75. The Morgan fingerprint density at radius 3 is 2.47 bits per heavy atom. The van der Waals surface area contributed by atoms with Gasteiger partial charge >= 0.3 is 0 Å². The summed E-state index contributed by atoms with van der Waals surface area (Å²) < 4.78 is 1.82. The molecule has 0 radical (unpaired) electrons. The first-order valence-electron chi connectivity index (χ1n) is 6.73. The molecule has 0 saturated carbocycles. The van der Waals surface area contributed by atoms with E-state index in [1.807, 2.05) is 30.2 Å². The Balaban J connectivity index is 1.78. The number of piperidine rings is 1. The molecule has 0 N–H and O–H groups in total. The van der Waals surface area contributed by atoms with E-state index < -0.39 is 0 Å². The summed E-state index contributed by atoms with van der Waals surface area (Å²) in [6.07, 6.45) is 7.93. The number of aryl methyl sites for hydroxylation is 1. The van der Waals surface area contributed by atoms with E-state index in [0.29, 0.717) is 5.92 Å². The third-order valence-electron chi connectivity index (χ3n) is 3.89. The maximum absolute atomic E-state index is 4.60. The van der Waals surface area contributed by atoms with Crippen molar-refractivity contribution < 1.29 is 0 Å². The molecule has 2 aromatic heterocycles. The molecule has 1 aliphatic heterocycles. The van der Waals surface area contributed by atoms with E-state index >= 15 is 0 Å². The maximum atomic E-state index is 4.60. The van der Waals surface area contributed by atoms with Crippen molar-refractivity contribution in [2.45, 2.75) is 18.8 Å². The van der Waals surface area contributed by atoms with E-state index in [0.717, 1.165) is 30.2 Å². The Morgan fingerprint density at radius 1 is 1.11 bits per heavy atom. The summed E-state index contributed by atoms with van der Waals surface area (Å²) in [4.78, 5) is 11.5. The van der Waals surface area contributed by atoms with Crippen molar-refractivity contribution in [1.82, 2.24) is 24.6 Å². The molecule has 2 aromatic rings. The number of hydrogen-bond acceptors (Lipinski definition) is 4. The minimum atomic E-state index is 0.560. The molecule has 3 rings (SSSR count). The highest BCUT2D eigenvalue weighted by Crippen LogP contribution is 2.26. The molecule has 0 amide bonds. The Kier molecular flexibility index (Phi) is 3.29. The van der Waals surface area contributed by atoms with E-state index in [1.165, 1.54) is 12.8 Å². The standard InChI is InChI=1S/C14H19N5/c1-18-7-4-11(5-8-18)12-9-16-13(10-15-12)14-3-6-17-19(14)2/h3,6,9-11H,4-5,7-8H2,1-2H3. The van der Waals surface area contributed by atoms with Crippen molar-refractivity contribution in [2.24, 2.45) is 7.05 Å². The van der Waals surface area contributed by atoms with Crippen LogP contribution in [-0.4, -0.2) is 44.8 Å². The maximum Gasteiger partial charge on any atom is 0.107 e. The van der Waals surface area contributed by atoms with Gasteiger partial charge in [0.1, 0.15) is 5.69 Å². The molecule has 1 fully saturated rings. The van der Waals surface area contributed by atoms with E-state index in [-0.39, 0.29) is 0 Å². The second-order valence-electron chi connectivity index (χ2n) is 5.24. The smallest absolute Gasteiger partial charge is 0.107 e. The summed E-state index contributed by atoms with van der Waals surface area (Å²) in [7, 11) is 4.09. The van der Waals surface area contributed by atoms with Crippen LogP contribution >= 0.6 is 0 Å². The van der Waals surface area contributed by atoms with E-state index in [2.05, 4.69) is 27.0 Å². The fourth-order valence-electron chi connectivity index (χ4n) is 2.61. The summed E-state index contributed by atoms with van der Waals surface area (Å²) in [6.45, 7) is 2.30. The largest absolute Gasteiger partial charge is 0.306 e. The zero-order valence-corrected chi connectivity index (χ0v) is 11.5. The van der Waals surface area contributed by atoms with Crippen molar-refractivity contribution in [3.05, 3.63) is 30.4 Å². The molecule has 5 heteroatoms. The van der Waals surface area contributed by atoms with Crippen molar-refractivity contribution in [2.75, 3.05) is 20.1 Å².